The van der Waals surface area contributed by atoms with Crippen molar-refractivity contribution in [1.29, 1.82) is 0 Å². The van der Waals surface area contributed by atoms with E-state index in [1.807, 2.05) is 0 Å². The first-order valence-electron chi connectivity index (χ1n) is 28.5. The van der Waals surface area contributed by atoms with Crippen molar-refractivity contribution in [2.24, 2.45) is 0 Å². The fourth-order valence-electron chi connectivity index (χ4n) is 7.43. The van der Waals surface area contributed by atoms with Gasteiger partial charge < -0.3 is 14.2 Å². The van der Waals surface area contributed by atoms with Gasteiger partial charge in [-0.15, -0.1) is 0 Å². The van der Waals surface area contributed by atoms with Gasteiger partial charge in [-0.25, -0.2) is 0 Å². The average Bonchev–Trinajstić information content (AvgIpc) is 3.36. The first kappa shape index (κ1) is 65.8. The van der Waals surface area contributed by atoms with Gasteiger partial charge in [0.1, 0.15) is 13.2 Å². The zero-order chi connectivity index (χ0) is 50.7. The third-order valence-corrected chi connectivity index (χ3v) is 11.7. The maximum absolute atomic E-state index is 12.8. The standard InChI is InChI=1S/C64H104O6/c1-4-7-10-13-16-18-20-22-24-25-26-27-28-29-30-31-32-33-34-35-36-37-38-39-40-42-43-45-48-51-54-57-63(66)69-60-61(59-68-62(65)56-53-50-47-15-12-9-6-3)70-64(67)58-55-52-49-46-44-41-23-21-19-17-14-11-8-5-2/h7,10,16,18,21-24,26-27,29-30,32-33,35-36,38-39,42-43,61H,4-6,8-9,11-15,17,19-20,25,28,31,34,37,40-41,44-60H2,1-3H3/b10-7-,18-16-,23-21-,24-22-,27-26-,30-29-,33-32-,36-35-,39-38-,43-42-. The van der Waals surface area contributed by atoms with E-state index in [-0.39, 0.29) is 31.1 Å². The minimum absolute atomic E-state index is 0.0933. The van der Waals surface area contributed by atoms with Crippen molar-refractivity contribution in [2.45, 2.75) is 252 Å². The zero-order valence-corrected chi connectivity index (χ0v) is 45.2. The molecule has 0 bridgehead atoms. The SMILES string of the molecule is CC/C=C\C/C=C\C/C=C\C/C=C\C/C=C\C/C=C\C/C=C\C/C=C\C/C=C\CCCCCC(=O)OCC(COC(=O)CCCCCCCCC)OC(=O)CCCCCCC/C=C\CCCCCCC. The summed E-state index contributed by atoms with van der Waals surface area (Å²) in [5.74, 6) is -0.947. The summed E-state index contributed by atoms with van der Waals surface area (Å²) in [5, 5.41) is 0. The minimum Gasteiger partial charge on any atom is -0.462 e. The maximum Gasteiger partial charge on any atom is 0.306 e. The van der Waals surface area contributed by atoms with Crippen molar-refractivity contribution in [3.8, 4) is 0 Å². The average molecular weight is 970 g/mol. The van der Waals surface area contributed by atoms with Gasteiger partial charge in [0.15, 0.2) is 6.10 Å². The maximum atomic E-state index is 12.8. The Balaban J connectivity index is 4.25. The first-order chi connectivity index (χ1) is 34.5. The Labute approximate surface area is 431 Å². The zero-order valence-electron chi connectivity index (χ0n) is 45.2. The normalized spacial score (nSPS) is 13.0. The summed E-state index contributed by atoms with van der Waals surface area (Å²) in [6.45, 7) is 6.43. The molecule has 0 saturated heterocycles. The Kier molecular flexibility index (Phi) is 54.0. The topological polar surface area (TPSA) is 78.9 Å². The Hall–Kier alpha value is -4.19. The summed E-state index contributed by atoms with van der Waals surface area (Å²) >= 11 is 0. The molecular formula is C64H104O6. The lowest BCUT2D eigenvalue weighted by Gasteiger charge is -2.18. The second-order valence-corrected chi connectivity index (χ2v) is 18.5. The predicted molar refractivity (Wildman–Crippen MR) is 302 cm³/mol. The number of hydrogen-bond donors (Lipinski definition) is 0. The first-order valence-corrected chi connectivity index (χ1v) is 28.5. The molecule has 6 heteroatoms. The molecule has 0 saturated carbocycles. The number of allylic oxidation sites excluding steroid dienone is 20. The van der Waals surface area contributed by atoms with Crippen LogP contribution in [0.2, 0.25) is 0 Å². The van der Waals surface area contributed by atoms with E-state index in [4.69, 9.17) is 14.2 Å². The molecule has 1 unspecified atom stereocenters. The van der Waals surface area contributed by atoms with Gasteiger partial charge >= 0.3 is 17.9 Å². The van der Waals surface area contributed by atoms with Gasteiger partial charge in [-0.3, -0.25) is 14.4 Å². The molecule has 0 aliphatic carbocycles. The molecule has 0 spiro atoms. The van der Waals surface area contributed by atoms with Crippen LogP contribution in [0.15, 0.2) is 122 Å². The number of esters is 3. The highest BCUT2D eigenvalue weighted by Gasteiger charge is 2.19. The van der Waals surface area contributed by atoms with E-state index in [2.05, 4.69) is 142 Å². The van der Waals surface area contributed by atoms with Crippen LogP contribution in [-0.4, -0.2) is 37.2 Å². The lowest BCUT2D eigenvalue weighted by Crippen LogP contribution is -2.30. The van der Waals surface area contributed by atoms with Crippen LogP contribution in [0.25, 0.3) is 0 Å². The number of carbonyl (C=O) groups is 3. The number of ether oxygens (including phenoxy) is 3. The molecule has 0 fully saturated rings. The fourth-order valence-corrected chi connectivity index (χ4v) is 7.43. The highest BCUT2D eigenvalue weighted by molar-refractivity contribution is 5.71. The summed E-state index contributed by atoms with van der Waals surface area (Å²) in [7, 11) is 0. The number of carbonyl (C=O) groups excluding carboxylic acids is 3. The molecule has 1 atom stereocenters. The van der Waals surface area contributed by atoms with E-state index in [0.717, 1.165) is 135 Å². The van der Waals surface area contributed by atoms with E-state index in [1.165, 1.54) is 70.6 Å². The lowest BCUT2D eigenvalue weighted by molar-refractivity contribution is -0.167. The monoisotopic (exact) mass is 969 g/mol. The molecule has 0 amide bonds. The molecule has 0 aromatic heterocycles. The summed E-state index contributed by atoms with van der Waals surface area (Å²) in [6, 6.07) is 0. The molecular weight excluding hydrogens is 865 g/mol. The lowest BCUT2D eigenvalue weighted by atomic mass is 10.1. The van der Waals surface area contributed by atoms with Crippen LogP contribution >= 0.6 is 0 Å². The quantitative estimate of drug-likeness (QED) is 0.0262. The van der Waals surface area contributed by atoms with E-state index in [9.17, 15) is 14.4 Å². The summed E-state index contributed by atoms with van der Waals surface area (Å²) in [5.41, 5.74) is 0. The molecule has 70 heavy (non-hydrogen) atoms. The minimum atomic E-state index is -0.795. The highest BCUT2D eigenvalue weighted by atomic mass is 16.6. The molecule has 0 N–H and O–H groups in total. The third kappa shape index (κ3) is 54.7. The number of hydrogen-bond acceptors (Lipinski definition) is 6. The van der Waals surface area contributed by atoms with Crippen LogP contribution in [0.3, 0.4) is 0 Å². The molecule has 0 rings (SSSR count). The van der Waals surface area contributed by atoms with Crippen molar-refractivity contribution in [2.75, 3.05) is 13.2 Å². The van der Waals surface area contributed by atoms with Crippen molar-refractivity contribution in [1.82, 2.24) is 0 Å². The Morgan fingerprint density at radius 3 is 0.900 bits per heavy atom. The van der Waals surface area contributed by atoms with Gasteiger partial charge in [0.25, 0.3) is 0 Å². The molecule has 396 valence electrons. The number of unbranched alkanes of at least 4 members (excludes halogenated alkanes) is 19. The largest absolute Gasteiger partial charge is 0.462 e. The second-order valence-electron chi connectivity index (χ2n) is 18.5. The Morgan fingerprint density at radius 2 is 0.557 bits per heavy atom. The van der Waals surface area contributed by atoms with Gasteiger partial charge in [-0.1, -0.05) is 232 Å². The van der Waals surface area contributed by atoms with Gasteiger partial charge in [-0.2, -0.15) is 0 Å². The molecule has 0 aliphatic rings. The van der Waals surface area contributed by atoms with Gasteiger partial charge in [0.2, 0.25) is 0 Å². The van der Waals surface area contributed by atoms with Gasteiger partial charge in [-0.05, 0) is 116 Å². The van der Waals surface area contributed by atoms with E-state index >= 15 is 0 Å². The molecule has 0 heterocycles. The van der Waals surface area contributed by atoms with Crippen molar-refractivity contribution >= 4 is 17.9 Å². The molecule has 0 aromatic carbocycles. The van der Waals surface area contributed by atoms with Crippen LogP contribution in [-0.2, 0) is 28.6 Å². The second kappa shape index (κ2) is 57.4. The van der Waals surface area contributed by atoms with Crippen molar-refractivity contribution in [3.05, 3.63) is 122 Å². The number of rotatable bonds is 50. The summed E-state index contributed by atoms with van der Waals surface area (Å²) < 4.78 is 16.7. The van der Waals surface area contributed by atoms with Crippen molar-refractivity contribution < 1.29 is 28.6 Å². The molecule has 0 radical (unpaired) electrons. The summed E-state index contributed by atoms with van der Waals surface area (Å²) in [4.78, 5) is 37.9. The smallest absolute Gasteiger partial charge is 0.306 e. The van der Waals surface area contributed by atoms with Crippen LogP contribution in [0.4, 0.5) is 0 Å². The van der Waals surface area contributed by atoms with Crippen molar-refractivity contribution in [3.63, 3.8) is 0 Å². The highest BCUT2D eigenvalue weighted by Crippen LogP contribution is 2.13. The Bertz CT molecular complexity index is 1490. The molecule has 0 aliphatic heterocycles. The van der Waals surface area contributed by atoms with Crippen LogP contribution in [0.1, 0.15) is 245 Å². The molecule has 6 nitrogen and oxygen atoms in total. The fraction of sp³-hybridized carbons (Fsp3) is 0.641. The van der Waals surface area contributed by atoms with Gasteiger partial charge in [0, 0.05) is 19.3 Å². The van der Waals surface area contributed by atoms with Crippen LogP contribution in [0, 0.1) is 0 Å². The van der Waals surface area contributed by atoms with Crippen LogP contribution < -0.4 is 0 Å². The van der Waals surface area contributed by atoms with E-state index in [0.29, 0.717) is 19.3 Å². The third-order valence-electron chi connectivity index (χ3n) is 11.7. The Morgan fingerprint density at radius 1 is 0.300 bits per heavy atom. The van der Waals surface area contributed by atoms with Gasteiger partial charge in [0.05, 0.1) is 0 Å². The predicted octanol–water partition coefficient (Wildman–Crippen LogP) is 19.3. The van der Waals surface area contributed by atoms with E-state index in [1.54, 1.807) is 0 Å². The van der Waals surface area contributed by atoms with Crippen LogP contribution in [0.5, 0.6) is 0 Å². The van der Waals surface area contributed by atoms with E-state index < -0.39 is 6.10 Å². The summed E-state index contributed by atoms with van der Waals surface area (Å²) in [6.07, 6.45) is 79.3. The molecule has 0 aromatic rings.